The molecule has 112 valence electrons. The summed E-state index contributed by atoms with van der Waals surface area (Å²) in [4.78, 5) is 5.03. The maximum Gasteiger partial charge on any atom is 0.0695 e. The van der Waals surface area contributed by atoms with Crippen molar-refractivity contribution >= 4 is 0 Å². The van der Waals surface area contributed by atoms with Gasteiger partial charge < -0.3 is 10.0 Å². The second-order valence-electron chi connectivity index (χ2n) is 7.15. The Bertz CT molecular complexity index is 282. The van der Waals surface area contributed by atoms with Crippen molar-refractivity contribution in [3.05, 3.63) is 0 Å². The van der Waals surface area contributed by atoms with Crippen LogP contribution in [0.25, 0.3) is 0 Å². The minimum Gasteiger partial charge on any atom is -0.391 e. The summed E-state index contributed by atoms with van der Waals surface area (Å²) >= 11 is 0. The number of nitrogens with zero attached hydrogens (tertiary/aromatic N) is 2. The fraction of sp³-hybridized carbons (Fsp3) is 1.00. The molecule has 1 aliphatic carbocycles. The molecule has 4 atom stereocenters. The first-order chi connectivity index (χ1) is 8.99. The van der Waals surface area contributed by atoms with E-state index in [0.717, 1.165) is 31.3 Å². The van der Waals surface area contributed by atoms with Crippen molar-refractivity contribution in [3.63, 3.8) is 0 Å². The summed E-state index contributed by atoms with van der Waals surface area (Å²) in [5, 5.41) is 10.4. The van der Waals surface area contributed by atoms with E-state index in [1.807, 2.05) is 0 Å². The van der Waals surface area contributed by atoms with Crippen LogP contribution in [0.1, 0.15) is 46.5 Å². The minimum absolute atomic E-state index is 0.110. The monoisotopic (exact) mass is 268 g/mol. The zero-order valence-corrected chi connectivity index (χ0v) is 13.2. The number of likely N-dealkylation sites (N-methyl/N-ethyl adjacent to an activating group) is 1. The largest absolute Gasteiger partial charge is 0.391 e. The Balaban J connectivity index is 2.04. The molecule has 1 aliphatic heterocycles. The van der Waals surface area contributed by atoms with E-state index in [0.29, 0.717) is 12.1 Å². The van der Waals surface area contributed by atoms with E-state index in [1.54, 1.807) is 0 Å². The third-order valence-electron chi connectivity index (χ3n) is 5.29. The average molecular weight is 268 g/mol. The summed E-state index contributed by atoms with van der Waals surface area (Å²) in [6, 6.07) is 0.959. The highest BCUT2D eigenvalue weighted by Gasteiger charge is 2.36. The Morgan fingerprint density at radius 2 is 1.89 bits per heavy atom. The van der Waals surface area contributed by atoms with Crippen LogP contribution >= 0.6 is 0 Å². The average Bonchev–Trinajstić information content (AvgIpc) is 2.50. The molecule has 1 heterocycles. The van der Waals surface area contributed by atoms with Gasteiger partial charge in [-0.05, 0) is 58.0 Å². The van der Waals surface area contributed by atoms with E-state index in [4.69, 9.17) is 0 Å². The highest BCUT2D eigenvalue weighted by Crippen LogP contribution is 2.34. The van der Waals surface area contributed by atoms with Crippen LogP contribution in [0.5, 0.6) is 0 Å². The first-order valence-corrected chi connectivity index (χ1v) is 8.11. The predicted molar refractivity (Wildman–Crippen MR) is 80.3 cm³/mol. The van der Waals surface area contributed by atoms with Gasteiger partial charge >= 0.3 is 0 Å². The Morgan fingerprint density at radius 1 is 1.16 bits per heavy atom. The summed E-state index contributed by atoms with van der Waals surface area (Å²) < 4.78 is 0. The minimum atomic E-state index is -0.110. The highest BCUT2D eigenvalue weighted by molar-refractivity contribution is 4.91. The Hall–Kier alpha value is -0.120. The van der Waals surface area contributed by atoms with Crippen LogP contribution < -0.4 is 0 Å². The lowest BCUT2D eigenvalue weighted by atomic mass is 9.77. The zero-order valence-electron chi connectivity index (χ0n) is 13.2. The number of hydrogen-bond donors (Lipinski definition) is 1. The lowest BCUT2D eigenvalue weighted by molar-refractivity contribution is -0.0186. The van der Waals surface area contributed by atoms with Gasteiger partial charge in [0.1, 0.15) is 0 Å². The highest BCUT2D eigenvalue weighted by atomic mass is 16.3. The Labute approximate surface area is 119 Å². The van der Waals surface area contributed by atoms with Crippen LogP contribution in [-0.4, -0.2) is 59.8 Å². The number of hydrogen-bond acceptors (Lipinski definition) is 3. The fourth-order valence-electron chi connectivity index (χ4n) is 4.01. The summed E-state index contributed by atoms with van der Waals surface area (Å²) in [7, 11) is 2.22. The molecule has 2 rings (SSSR count). The normalized spacial score (nSPS) is 39.5. The maximum atomic E-state index is 10.4. The summed E-state index contributed by atoms with van der Waals surface area (Å²) in [5.74, 6) is 1.54. The van der Waals surface area contributed by atoms with Gasteiger partial charge in [-0.2, -0.15) is 0 Å². The van der Waals surface area contributed by atoms with Gasteiger partial charge in [0.15, 0.2) is 0 Å². The Kier molecular flexibility index (Phi) is 5.27. The molecule has 3 heteroatoms. The van der Waals surface area contributed by atoms with Crippen molar-refractivity contribution in [3.8, 4) is 0 Å². The molecule has 19 heavy (non-hydrogen) atoms. The summed E-state index contributed by atoms with van der Waals surface area (Å²) in [6.07, 6.45) is 4.51. The molecule has 3 nitrogen and oxygen atoms in total. The standard InChI is InChI=1S/C16H32N2O/c1-12(2)14-6-7-16(19)15(10-14)18-9-5-8-17(4)11-13(18)3/h12-16,19H,5-11H2,1-4H3. The predicted octanol–water partition coefficient (Wildman–Crippen LogP) is 2.20. The summed E-state index contributed by atoms with van der Waals surface area (Å²) in [5.41, 5.74) is 0. The topological polar surface area (TPSA) is 26.7 Å². The molecule has 0 amide bonds. The fourth-order valence-corrected chi connectivity index (χ4v) is 4.01. The van der Waals surface area contributed by atoms with Crippen molar-refractivity contribution in [1.29, 1.82) is 0 Å². The quantitative estimate of drug-likeness (QED) is 0.832. The van der Waals surface area contributed by atoms with E-state index >= 15 is 0 Å². The molecule has 4 unspecified atom stereocenters. The molecule has 0 aromatic heterocycles. The molecule has 0 radical (unpaired) electrons. The third-order valence-corrected chi connectivity index (χ3v) is 5.29. The molecular weight excluding hydrogens is 236 g/mol. The molecule has 1 saturated carbocycles. The molecule has 1 saturated heterocycles. The SMILES string of the molecule is CC(C)C1CCC(O)C(N2CCCN(C)CC2C)C1. The van der Waals surface area contributed by atoms with Gasteiger partial charge in [0.2, 0.25) is 0 Å². The van der Waals surface area contributed by atoms with Crippen molar-refractivity contribution < 1.29 is 5.11 Å². The molecule has 0 aromatic rings. The van der Waals surface area contributed by atoms with Gasteiger partial charge in [-0.25, -0.2) is 0 Å². The van der Waals surface area contributed by atoms with E-state index in [-0.39, 0.29) is 6.10 Å². The van der Waals surface area contributed by atoms with Gasteiger partial charge in [0.25, 0.3) is 0 Å². The smallest absolute Gasteiger partial charge is 0.0695 e. The van der Waals surface area contributed by atoms with Gasteiger partial charge in [-0.1, -0.05) is 13.8 Å². The molecule has 0 spiro atoms. The van der Waals surface area contributed by atoms with E-state index in [2.05, 4.69) is 37.6 Å². The van der Waals surface area contributed by atoms with Crippen LogP contribution in [0.2, 0.25) is 0 Å². The summed E-state index contributed by atoms with van der Waals surface area (Å²) in [6.45, 7) is 10.5. The van der Waals surface area contributed by atoms with Crippen LogP contribution in [0, 0.1) is 11.8 Å². The van der Waals surface area contributed by atoms with Gasteiger partial charge in [0.05, 0.1) is 6.10 Å². The molecule has 0 aromatic carbocycles. The van der Waals surface area contributed by atoms with Gasteiger partial charge in [-0.3, -0.25) is 4.90 Å². The number of aliphatic hydroxyl groups is 1. The van der Waals surface area contributed by atoms with Crippen LogP contribution in [0.15, 0.2) is 0 Å². The van der Waals surface area contributed by atoms with Gasteiger partial charge in [0, 0.05) is 25.2 Å². The first kappa shape index (κ1) is 15.3. The van der Waals surface area contributed by atoms with E-state index in [1.165, 1.54) is 25.8 Å². The lowest BCUT2D eigenvalue weighted by Gasteiger charge is -2.44. The number of aliphatic hydroxyl groups excluding tert-OH is 1. The second-order valence-corrected chi connectivity index (χ2v) is 7.15. The number of rotatable bonds is 2. The molecule has 0 bridgehead atoms. The zero-order chi connectivity index (χ0) is 14.0. The van der Waals surface area contributed by atoms with Crippen molar-refractivity contribution in [2.24, 2.45) is 11.8 Å². The lowest BCUT2D eigenvalue weighted by Crippen LogP contribution is -2.52. The molecule has 2 aliphatic rings. The van der Waals surface area contributed by atoms with Crippen molar-refractivity contribution in [2.75, 3.05) is 26.7 Å². The van der Waals surface area contributed by atoms with Gasteiger partial charge in [-0.15, -0.1) is 0 Å². The van der Waals surface area contributed by atoms with E-state index in [9.17, 15) is 5.11 Å². The first-order valence-electron chi connectivity index (χ1n) is 8.11. The Morgan fingerprint density at radius 3 is 2.58 bits per heavy atom. The van der Waals surface area contributed by atoms with Crippen molar-refractivity contribution in [2.45, 2.75) is 64.6 Å². The van der Waals surface area contributed by atoms with Crippen LogP contribution in [0.4, 0.5) is 0 Å². The second kappa shape index (κ2) is 6.55. The third kappa shape index (κ3) is 3.71. The van der Waals surface area contributed by atoms with Crippen LogP contribution in [-0.2, 0) is 0 Å². The molecular formula is C16H32N2O. The van der Waals surface area contributed by atoms with Crippen LogP contribution in [0.3, 0.4) is 0 Å². The van der Waals surface area contributed by atoms with E-state index < -0.39 is 0 Å². The maximum absolute atomic E-state index is 10.4. The van der Waals surface area contributed by atoms with Crippen molar-refractivity contribution in [1.82, 2.24) is 9.80 Å². The molecule has 1 N–H and O–H groups in total. The molecule has 2 fully saturated rings.